The van der Waals surface area contributed by atoms with Crippen molar-refractivity contribution in [2.75, 3.05) is 19.5 Å². The number of nitrogens with one attached hydrogen (secondary N) is 2. The summed E-state index contributed by atoms with van der Waals surface area (Å²) in [6.45, 7) is 0.353. The van der Waals surface area contributed by atoms with Gasteiger partial charge in [0.15, 0.2) is 0 Å². The molecule has 0 aliphatic rings. The first-order valence-electron chi connectivity index (χ1n) is 3.74. The van der Waals surface area contributed by atoms with E-state index in [1.165, 1.54) is 0 Å². The number of hydrogen-bond donors (Lipinski definition) is 3. The third-order valence-corrected chi connectivity index (χ3v) is 1.92. The Labute approximate surface area is 112 Å². The van der Waals surface area contributed by atoms with Crippen LogP contribution in [0.15, 0.2) is 0 Å². The maximum Gasteiger partial charge on any atom is 1.00 e. The normalized spacial score (nSPS) is 11.3. The molecule has 0 aromatic rings. The zero-order valence-electron chi connectivity index (χ0n) is 8.73. The van der Waals surface area contributed by atoms with Crippen molar-refractivity contribution in [1.82, 2.24) is 10.6 Å². The summed E-state index contributed by atoms with van der Waals surface area (Å²) < 4.78 is 20.1. The molecule has 0 fully saturated rings. The van der Waals surface area contributed by atoms with E-state index in [-0.39, 0.29) is 40.9 Å². The van der Waals surface area contributed by atoms with E-state index in [4.69, 9.17) is 5.11 Å². The van der Waals surface area contributed by atoms with Crippen LogP contribution in [0.5, 0.6) is 0 Å². The molecule has 0 radical (unpaired) electrons. The Balaban J connectivity index is -0.000000720. The van der Waals surface area contributed by atoms with E-state index >= 15 is 0 Å². The molecule has 0 rings (SSSR count). The van der Waals surface area contributed by atoms with E-state index in [1.807, 2.05) is 0 Å². The Morgan fingerprint density at radius 3 is 2.33 bits per heavy atom. The van der Waals surface area contributed by atoms with Crippen LogP contribution in [0.2, 0.25) is 0 Å². The van der Waals surface area contributed by atoms with E-state index in [1.54, 1.807) is 7.05 Å². The Morgan fingerprint density at radius 2 is 2.00 bits per heavy atom. The second-order valence-electron chi connectivity index (χ2n) is 2.42. The van der Waals surface area contributed by atoms with E-state index in [2.05, 4.69) is 10.6 Å². The molecule has 1 atom stereocenters. The molecule has 0 aromatic carbocycles. The quantitative estimate of drug-likeness (QED) is 0.237. The molecule has 0 saturated heterocycles. The van der Waals surface area contributed by atoms with Crippen molar-refractivity contribution in [3.05, 3.63) is 0 Å². The summed E-state index contributed by atoms with van der Waals surface area (Å²) in [6.07, 6.45) is 0.350. The molecule has 0 amide bonds. The molecule has 9 heteroatoms. The molecule has 0 saturated carbocycles. The van der Waals surface area contributed by atoms with Crippen LogP contribution in [0.4, 0.5) is 0 Å². The molecule has 0 aromatic heterocycles. The molecule has 0 aliphatic carbocycles. The third kappa shape index (κ3) is 12.2. The van der Waals surface area contributed by atoms with Gasteiger partial charge in [-0.25, -0.2) is 0 Å². The number of likely N-dealkylation sites (N-methyl/N-ethyl adjacent to an activating group) is 1. The smallest absolute Gasteiger partial charge is 0.870 e. The average Bonchev–Trinajstić information content (AvgIpc) is 2.03. The van der Waals surface area contributed by atoms with Crippen molar-refractivity contribution in [3.63, 3.8) is 0 Å². The van der Waals surface area contributed by atoms with E-state index in [9.17, 15) is 13.2 Å². The summed E-state index contributed by atoms with van der Waals surface area (Å²) in [5.41, 5.74) is 0. The summed E-state index contributed by atoms with van der Waals surface area (Å²) in [4.78, 5) is 10.4. The zero-order chi connectivity index (χ0) is 10.3. The van der Waals surface area contributed by atoms with Gasteiger partial charge in [-0.1, -0.05) is 10.7 Å². The average molecular weight is 249 g/mol. The van der Waals surface area contributed by atoms with Crippen LogP contribution in [0, 0.1) is 0 Å². The van der Waals surface area contributed by atoms with Gasteiger partial charge < -0.3 is 29.6 Å². The fourth-order valence-corrected chi connectivity index (χ4v) is 1.10. The Bertz CT molecular complexity index is 228. The Morgan fingerprint density at radius 1 is 1.47 bits per heavy atom. The van der Waals surface area contributed by atoms with E-state index < -0.39 is 22.7 Å². The fourth-order valence-electron chi connectivity index (χ4n) is 0.793. The van der Waals surface area contributed by atoms with E-state index in [0.29, 0.717) is 13.0 Å². The second-order valence-corrected chi connectivity index (χ2v) is 3.31. The van der Waals surface area contributed by atoms with Gasteiger partial charge in [-0.2, -0.15) is 0 Å². The van der Waals surface area contributed by atoms with Crippen molar-refractivity contribution in [3.8, 4) is 0 Å². The first-order chi connectivity index (χ1) is 6.07. The largest absolute Gasteiger partial charge is 1.00 e. The molecule has 0 spiro atoms. The van der Waals surface area contributed by atoms with Gasteiger partial charge in [0.25, 0.3) is 0 Å². The van der Waals surface area contributed by atoms with E-state index in [0.717, 1.165) is 0 Å². The van der Waals surface area contributed by atoms with Gasteiger partial charge in [0.2, 0.25) is 0 Å². The van der Waals surface area contributed by atoms with Crippen LogP contribution in [0.25, 0.3) is 0 Å². The number of aliphatic carboxylic acids is 1. The molecule has 1 unspecified atom stereocenters. The van der Waals surface area contributed by atoms with Gasteiger partial charge in [-0.3, -0.25) is 4.79 Å². The molecule has 7 nitrogen and oxygen atoms in total. The van der Waals surface area contributed by atoms with Crippen LogP contribution in [0.1, 0.15) is 6.42 Å². The van der Waals surface area contributed by atoms with Gasteiger partial charge >= 0.3 is 35.5 Å². The van der Waals surface area contributed by atoms with Gasteiger partial charge in [-0.05, 0) is 25.9 Å². The monoisotopic (exact) mass is 249 g/mol. The number of hydrogen-bond acceptors (Lipinski definition) is 7. The predicted molar refractivity (Wildman–Crippen MR) is 48.6 cm³/mol. The minimum atomic E-state index is -2.12. The van der Waals surface area contributed by atoms with Crippen LogP contribution >= 0.6 is 0 Å². The van der Waals surface area contributed by atoms with Gasteiger partial charge in [0.1, 0.15) is 6.04 Å². The first-order valence-corrected chi connectivity index (χ1v) is 4.99. The molecule has 15 heavy (non-hydrogen) atoms. The molecular formula is C6H14N2NaO5S-. The summed E-state index contributed by atoms with van der Waals surface area (Å²) in [6, 6.07) is -0.632. The number of carboxylic acids is 1. The van der Waals surface area contributed by atoms with Crippen molar-refractivity contribution < 1.29 is 53.4 Å². The van der Waals surface area contributed by atoms with Crippen LogP contribution in [-0.2, 0) is 23.9 Å². The summed E-state index contributed by atoms with van der Waals surface area (Å²) >= 11 is 0. The van der Waals surface area contributed by atoms with Crippen molar-refractivity contribution in [2.24, 2.45) is 0 Å². The summed E-state index contributed by atoms with van der Waals surface area (Å²) in [5.74, 6) is -1.08. The molecule has 0 aliphatic heterocycles. The minimum absolute atomic E-state index is 0. The molecule has 0 bridgehead atoms. The summed E-state index contributed by atoms with van der Waals surface area (Å²) in [7, 11) is -0.576. The Hall–Kier alpha value is 0.300. The van der Waals surface area contributed by atoms with Crippen molar-refractivity contribution in [1.29, 1.82) is 0 Å². The van der Waals surface area contributed by atoms with Gasteiger partial charge in [0.05, 0.1) is 0 Å². The van der Waals surface area contributed by atoms with Crippen LogP contribution in [0.3, 0.4) is 0 Å². The number of rotatable bonds is 7. The minimum Gasteiger partial charge on any atom is -0.870 e. The Kier molecular flexibility index (Phi) is 17.1. The van der Waals surface area contributed by atoms with Crippen molar-refractivity contribution in [2.45, 2.75) is 12.5 Å². The third-order valence-electron chi connectivity index (χ3n) is 1.48. The molecule has 0 heterocycles. The first kappa shape index (κ1) is 20.7. The molecular weight excluding hydrogens is 235 g/mol. The predicted octanol–water partition coefficient (Wildman–Crippen LogP) is -4.27. The molecule has 86 valence electrons. The molecule has 4 N–H and O–H groups in total. The fraction of sp³-hybridized carbons (Fsp3) is 0.833. The number of carbonyl (C=O) groups is 1. The number of carboxylic acid groups (broad SMARTS) is 1. The second kappa shape index (κ2) is 12.4. The van der Waals surface area contributed by atoms with Gasteiger partial charge in [0, 0.05) is 0 Å². The van der Waals surface area contributed by atoms with Crippen LogP contribution < -0.4 is 40.2 Å². The van der Waals surface area contributed by atoms with Crippen molar-refractivity contribution >= 4 is 16.7 Å². The maximum atomic E-state index is 10.4. The SMILES string of the molecule is CNC(CCNC[S-](=O)=O)C(=O)O.[Na+].[OH-]. The summed E-state index contributed by atoms with van der Waals surface area (Å²) in [5, 5.41) is 13.8. The topological polar surface area (TPSA) is 126 Å². The van der Waals surface area contributed by atoms with Gasteiger partial charge in [-0.15, -0.1) is 0 Å². The van der Waals surface area contributed by atoms with Crippen LogP contribution in [-0.4, -0.2) is 42.1 Å². The zero-order valence-corrected chi connectivity index (χ0v) is 11.5. The standard InChI is InChI=1S/C6H13N2O4S.Na.H2O/c1-7-5(6(9)10)2-3-8-4-13(11)12;;/h5,7-8H,2-4H2,1H3,(H,9,10);;1H2/q-1;+1;/p-1. The maximum absolute atomic E-state index is 10.4.